The van der Waals surface area contributed by atoms with Crippen molar-refractivity contribution in [2.75, 3.05) is 6.61 Å². The third kappa shape index (κ3) is 3.06. The van der Waals surface area contributed by atoms with E-state index in [-0.39, 0.29) is 19.3 Å². The summed E-state index contributed by atoms with van der Waals surface area (Å²) in [6, 6.07) is 0. The number of alkyl halides is 2. The average Bonchev–Trinajstić information content (AvgIpc) is 3.00. The molecule has 9 heteroatoms. The zero-order valence-electron chi connectivity index (χ0n) is 20.4. The van der Waals surface area contributed by atoms with E-state index in [4.69, 9.17) is 4.74 Å². The summed E-state index contributed by atoms with van der Waals surface area (Å²) in [6.45, 7) is 5.44. The molecule has 4 aliphatic carbocycles. The second-order valence-corrected chi connectivity index (χ2v) is 11.1. The molecule has 4 aliphatic rings. The summed E-state index contributed by atoms with van der Waals surface area (Å²) in [5.41, 5.74) is -8.17. The minimum Gasteiger partial charge on any atom is -0.450 e. The van der Waals surface area contributed by atoms with E-state index in [1.165, 1.54) is 6.92 Å². The van der Waals surface area contributed by atoms with E-state index in [2.05, 4.69) is 0 Å². The molecule has 2 N–H and O–H groups in total. The number of Topliss-reactive ketones (excluding diaryl/α,β-unsaturated/α-hetero) is 1. The minimum atomic E-state index is -2.53. The lowest BCUT2D eigenvalue weighted by Crippen LogP contribution is -2.71. The van der Waals surface area contributed by atoms with Gasteiger partial charge in [-0.15, -0.1) is 0 Å². The summed E-state index contributed by atoms with van der Waals surface area (Å²) >= 11 is 0. The maximum atomic E-state index is 17.2. The molecule has 0 spiro atoms. The lowest BCUT2D eigenvalue weighted by Gasteiger charge is -2.63. The van der Waals surface area contributed by atoms with Crippen molar-refractivity contribution < 1.29 is 42.5 Å². The number of carbonyl (C=O) groups is 3. The van der Waals surface area contributed by atoms with Crippen molar-refractivity contribution in [3.05, 3.63) is 23.6 Å². The summed E-state index contributed by atoms with van der Waals surface area (Å²) in [4.78, 5) is 37.8. The van der Waals surface area contributed by atoms with Crippen LogP contribution in [0.4, 0.5) is 13.2 Å². The van der Waals surface area contributed by atoms with Crippen LogP contribution in [-0.4, -0.2) is 57.9 Å². The van der Waals surface area contributed by atoms with Crippen LogP contribution in [-0.2, 0) is 19.1 Å². The van der Waals surface area contributed by atoms with Crippen LogP contribution in [0.25, 0.3) is 0 Å². The number of esters is 1. The number of aliphatic hydroxyl groups excluding tert-OH is 2. The number of fused-ring (bicyclic) bond motifs is 5. The van der Waals surface area contributed by atoms with Gasteiger partial charge in [-0.25, -0.2) is 13.2 Å². The van der Waals surface area contributed by atoms with Gasteiger partial charge >= 0.3 is 5.97 Å². The zero-order chi connectivity index (χ0) is 26.1. The molecule has 0 amide bonds. The lowest BCUT2D eigenvalue weighted by atomic mass is 9.44. The molecule has 0 radical (unpaired) electrons. The standard InChI is InChI=1S/C26H33F3O6/c1-5-6-20(34)35-26(19(33)12-30)13(2)9-14-15-10-16(27)21-22(28)17(31)7-8-23(21,3)25(15,29)18(32)11-24(14,26)4/h7-8,13-16,18,30,32H,5-6,9-12H2,1-4H3/t13-,14-,15-,16-,18-,23-,24-,25-,26-/m0/s1. The predicted octanol–water partition coefficient (Wildman–Crippen LogP) is 3.49. The Morgan fingerprint density at radius 2 is 1.89 bits per heavy atom. The van der Waals surface area contributed by atoms with Gasteiger partial charge in [-0.2, -0.15) is 0 Å². The number of rotatable bonds is 5. The van der Waals surface area contributed by atoms with Crippen LogP contribution in [0, 0.1) is 28.6 Å². The molecule has 9 atom stereocenters. The van der Waals surface area contributed by atoms with Crippen molar-refractivity contribution in [3.8, 4) is 0 Å². The van der Waals surface area contributed by atoms with Crippen molar-refractivity contribution in [2.45, 2.75) is 83.3 Å². The molecule has 0 bridgehead atoms. The van der Waals surface area contributed by atoms with Gasteiger partial charge in [-0.05, 0) is 44.6 Å². The molecule has 0 aromatic rings. The zero-order valence-corrected chi connectivity index (χ0v) is 20.4. The smallest absolute Gasteiger partial charge is 0.306 e. The van der Waals surface area contributed by atoms with Crippen LogP contribution in [0.2, 0.25) is 0 Å². The van der Waals surface area contributed by atoms with E-state index in [1.54, 1.807) is 20.8 Å². The topological polar surface area (TPSA) is 101 Å². The first-order valence-corrected chi connectivity index (χ1v) is 12.3. The molecule has 0 saturated heterocycles. The van der Waals surface area contributed by atoms with Gasteiger partial charge in [0, 0.05) is 34.7 Å². The Bertz CT molecular complexity index is 1020. The molecule has 0 aliphatic heterocycles. The largest absolute Gasteiger partial charge is 0.450 e. The highest BCUT2D eigenvalue weighted by Crippen LogP contribution is 2.72. The average molecular weight is 499 g/mol. The van der Waals surface area contributed by atoms with Gasteiger partial charge < -0.3 is 14.9 Å². The molecule has 3 saturated carbocycles. The van der Waals surface area contributed by atoms with Crippen molar-refractivity contribution in [1.82, 2.24) is 0 Å². The number of hydrogen-bond donors (Lipinski definition) is 2. The first-order chi connectivity index (χ1) is 16.3. The second kappa shape index (κ2) is 8.26. The number of hydrogen-bond acceptors (Lipinski definition) is 6. The van der Waals surface area contributed by atoms with Gasteiger partial charge in [0.25, 0.3) is 0 Å². The van der Waals surface area contributed by atoms with Crippen molar-refractivity contribution in [2.24, 2.45) is 28.6 Å². The molecule has 0 aromatic carbocycles. The summed E-state index contributed by atoms with van der Waals surface area (Å²) in [5.74, 6) is -6.29. The Hall–Kier alpha value is -2.00. The van der Waals surface area contributed by atoms with Gasteiger partial charge in [0.05, 0.1) is 6.10 Å². The van der Waals surface area contributed by atoms with Gasteiger partial charge in [-0.1, -0.05) is 26.8 Å². The van der Waals surface area contributed by atoms with Gasteiger partial charge in [0.1, 0.15) is 12.8 Å². The first kappa shape index (κ1) is 26.1. The molecule has 3 fully saturated rings. The molecule has 4 rings (SSSR count). The summed E-state index contributed by atoms with van der Waals surface area (Å²) in [7, 11) is 0. The van der Waals surface area contributed by atoms with Crippen LogP contribution in [0.15, 0.2) is 23.6 Å². The Kier molecular flexibility index (Phi) is 6.16. The van der Waals surface area contributed by atoms with Crippen LogP contribution in [0.5, 0.6) is 0 Å². The normalized spacial score (nSPS) is 46.7. The lowest BCUT2D eigenvalue weighted by molar-refractivity contribution is -0.232. The fourth-order valence-corrected chi connectivity index (χ4v) is 8.04. The summed E-state index contributed by atoms with van der Waals surface area (Å²) in [5, 5.41) is 21.2. The van der Waals surface area contributed by atoms with Crippen molar-refractivity contribution >= 4 is 17.5 Å². The number of ketones is 2. The van der Waals surface area contributed by atoms with E-state index < -0.39 is 94.1 Å². The molecular weight excluding hydrogens is 465 g/mol. The van der Waals surface area contributed by atoms with E-state index in [9.17, 15) is 29.0 Å². The Balaban J connectivity index is 1.88. The molecule has 194 valence electrons. The maximum absolute atomic E-state index is 17.2. The van der Waals surface area contributed by atoms with Gasteiger partial charge in [0.15, 0.2) is 17.1 Å². The monoisotopic (exact) mass is 498 g/mol. The molecule has 6 nitrogen and oxygen atoms in total. The highest BCUT2D eigenvalue weighted by Gasteiger charge is 2.78. The van der Waals surface area contributed by atoms with Crippen LogP contribution >= 0.6 is 0 Å². The van der Waals surface area contributed by atoms with Crippen LogP contribution in [0.3, 0.4) is 0 Å². The van der Waals surface area contributed by atoms with Crippen molar-refractivity contribution in [3.63, 3.8) is 0 Å². The number of carbonyl (C=O) groups excluding carboxylic acids is 3. The molecule has 0 aromatic heterocycles. The molecular formula is C26H33F3O6. The van der Waals surface area contributed by atoms with E-state index in [1.807, 2.05) is 0 Å². The van der Waals surface area contributed by atoms with Gasteiger partial charge in [0.2, 0.25) is 11.6 Å². The predicted molar refractivity (Wildman–Crippen MR) is 119 cm³/mol. The van der Waals surface area contributed by atoms with Gasteiger partial charge in [-0.3, -0.25) is 14.4 Å². The third-order valence-corrected chi connectivity index (χ3v) is 9.53. The Morgan fingerprint density at radius 3 is 2.49 bits per heavy atom. The van der Waals surface area contributed by atoms with E-state index >= 15 is 8.78 Å². The Labute approximate surface area is 202 Å². The van der Waals surface area contributed by atoms with E-state index in [0.29, 0.717) is 6.42 Å². The summed E-state index contributed by atoms with van der Waals surface area (Å²) < 4.78 is 53.4. The first-order valence-electron chi connectivity index (χ1n) is 12.3. The molecule has 0 heterocycles. The molecule has 0 unspecified atom stereocenters. The fourth-order valence-electron chi connectivity index (χ4n) is 8.04. The highest BCUT2D eigenvalue weighted by molar-refractivity contribution is 6.04. The third-order valence-electron chi connectivity index (χ3n) is 9.53. The maximum Gasteiger partial charge on any atom is 0.306 e. The molecule has 35 heavy (non-hydrogen) atoms. The summed E-state index contributed by atoms with van der Waals surface area (Å²) in [6.07, 6.45) is -1.89. The van der Waals surface area contributed by atoms with E-state index in [0.717, 1.165) is 12.2 Å². The quantitative estimate of drug-likeness (QED) is 0.563. The highest BCUT2D eigenvalue weighted by atomic mass is 19.2. The van der Waals surface area contributed by atoms with Crippen LogP contribution in [0.1, 0.15) is 59.8 Å². The number of halogens is 3. The fraction of sp³-hybridized carbons (Fsp3) is 0.731. The number of ether oxygens (including phenoxy) is 1. The second-order valence-electron chi connectivity index (χ2n) is 11.1. The van der Waals surface area contributed by atoms with Crippen molar-refractivity contribution in [1.29, 1.82) is 0 Å². The minimum absolute atomic E-state index is 0.0316. The Morgan fingerprint density at radius 1 is 1.23 bits per heavy atom. The number of aliphatic hydroxyl groups is 2. The number of allylic oxidation sites excluding steroid dienone is 4. The SMILES string of the molecule is CCCC(=O)O[C@]1(C(=O)CO)[C@@H](C)C[C@H]2[C@@H]3C[C@H](F)C4=C(F)C(=O)C=C[C@]4(C)[C@@]3(F)[C@@H](O)C[C@@]21C. The van der Waals surface area contributed by atoms with Crippen LogP contribution < -0.4 is 0 Å².